The van der Waals surface area contributed by atoms with Crippen molar-refractivity contribution in [1.29, 1.82) is 0 Å². The first kappa shape index (κ1) is 14.0. The van der Waals surface area contributed by atoms with Gasteiger partial charge in [-0.25, -0.2) is 13.4 Å². The molecule has 1 N–H and O–H groups in total. The SMILES string of the molecule is CCC(Nc1ccc(S(C)(=O)=O)cc1)c1nccs1. The van der Waals surface area contributed by atoms with E-state index in [0.29, 0.717) is 4.90 Å². The van der Waals surface area contributed by atoms with Crippen LogP contribution in [-0.4, -0.2) is 19.7 Å². The molecule has 1 unspecified atom stereocenters. The third-order valence-corrected chi connectivity index (χ3v) is 4.80. The zero-order valence-corrected chi connectivity index (χ0v) is 12.5. The van der Waals surface area contributed by atoms with E-state index < -0.39 is 9.84 Å². The number of anilines is 1. The van der Waals surface area contributed by atoms with Crippen molar-refractivity contribution >= 4 is 26.9 Å². The second-order valence-electron chi connectivity index (χ2n) is 4.27. The highest BCUT2D eigenvalue weighted by molar-refractivity contribution is 7.90. The maximum atomic E-state index is 11.4. The Morgan fingerprint density at radius 3 is 2.47 bits per heavy atom. The molecule has 2 rings (SSSR count). The molecule has 0 radical (unpaired) electrons. The van der Waals surface area contributed by atoms with Gasteiger partial charge in [-0.15, -0.1) is 11.3 Å². The highest BCUT2D eigenvalue weighted by Crippen LogP contribution is 2.24. The summed E-state index contributed by atoms with van der Waals surface area (Å²) in [6, 6.07) is 6.96. The van der Waals surface area contributed by atoms with Gasteiger partial charge in [0.25, 0.3) is 0 Å². The summed E-state index contributed by atoms with van der Waals surface area (Å²) in [4.78, 5) is 4.63. The van der Waals surface area contributed by atoms with E-state index in [9.17, 15) is 8.42 Å². The number of benzene rings is 1. The van der Waals surface area contributed by atoms with Gasteiger partial charge in [-0.3, -0.25) is 0 Å². The lowest BCUT2D eigenvalue weighted by molar-refractivity contribution is 0.602. The molecule has 1 aromatic carbocycles. The highest BCUT2D eigenvalue weighted by atomic mass is 32.2. The van der Waals surface area contributed by atoms with E-state index in [-0.39, 0.29) is 6.04 Å². The van der Waals surface area contributed by atoms with Gasteiger partial charge in [0.1, 0.15) is 5.01 Å². The number of nitrogens with zero attached hydrogens (tertiary/aromatic N) is 1. The summed E-state index contributed by atoms with van der Waals surface area (Å²) in [5.74, 6) is 0. The fourth-order valence-corrected chi connectivity index (χ4v) is 3.15. The molecule has 4 nitrogen and oxygen atoms in total. The van der Waals surface area contributed by atoms with E-state index in [1.807, 2.05) is 5.38 Å². The van der Waals surface area contributed by atoms with Crippen LogP contribution in [0.1, 0.15) is 24.4 Å². The van der Waals surface area contributed by atoms with Gasteiger partial charge in [0.2, 0.25) is 0 Å². The Hall–Kier alpha value is -1.40. The average Bonchev–Trinajstić information content (AvgIpc) is 2.89. The second kappa shape index (κ2) is 5.71. The van der Waals surface area contributed by atoms with E-state index in [4.69, 9.17) is 0 Å². The largest absolute Gasteiger partial charge is 0.376 e. The van der Waals surface area contributed by atoms with E-state index in [1.54, 1.807) is 41.8 Å². The fourth-order valence-electron chi connectivity index (χ4n) is 1.74. The number of thiazole rings is 1. The molecule has 0 aliphatic rings. The van der Waals surface area contributed by atoms with E-state index in [2.05, 4.69) is 17.2 Å². The summed E-state index contributed by atoms with van der Waals surface area (Å²) in [5, 5.41) is 6.35. The van der Waals surface area contributed by atoms with E-state index in [1.165, 1.54) is 6.26 Å². The normalized spacial score (nSPS) is 13.2. The van der Waals surface area contributed by atoms with Gasteiger partial charge in [0, 0.05) is 23.5 Å². The Labute approximate surface area is 117 Å². The van der Waals surface area contributed by atoms with Crippen LogP contribution in [-0.2, 0) is 9.84 Å². The van der Waals surface area contributed by atoms with Crippen molar-refractivity contribution in [3.8, 4) is 0 Å². The lowest BCUT2D eigenvalue weighted by Crippen LogP contribution is -2.09. The van der Waals surface area contributed by atoms with Crippen LogP contribution in [0.25, 0.3) is 0 Å². The zero-order chi connectivity index (χ0) is 13.9. The monoisotopic (exact) mass is 296 g/mol. The lowest BCUT2D eigenvalue weighted by atomic mass is 10.2. The van der Waals surface area contributed by atoms with Gasteiger partial charge in [0.05, 0.1) is 10.9 Å². The summed E-state index contributed by atoms with van der Waals surface area (Å²) < 4.78 is 22.8. The lowest BCUT2D eigenvalue weighted by Gasteiger charge is -2.16. The summed E-state index contributed by atoms with van der Waals surface area (Å²) in [6.07, 6.45) is 3.91. The molecule has 102 valence electrons. The van der Waals surface area contributed by atoms with Crippen molar-refractivity contribution in [3.63, 3.8) is 0 Å². The molecule has 0 saturated heterocycles. The molecular weight excluding hydrogens is 280 g/mol. The van der Waals surface area contributed by atoms with Crippen molar-refractivity contribution in [2.75, 3.05) is 11.6 Å². The van der Waals surface area contributed by atoms with Gasteiger partial charge in [-0.2, -0.15) is 0 Å². The van der Waals surface area contributed by atoms with Crippen molar-refractivity contribution in [3.05, 3.63) is 40.8 Å². The second-order valence-corrected chi connectivity index (χ2v) is 7.21. The highest BCUT2D eigenvalue weighted by Gasteiger charge is 2.12. The smallest absolute Gasteiger partial charge is 0.175 e. The molecular formula is C13H16N2O2S2. The van der Waals surface area contributed by atoms with Crippen molar-refractivity contribution in [2.24, 2.45) is 0 Å². The molecule has 19 heavy (non-hydrogen) atoms. The average molecular weight is 296 g/mol. The molecule has 0 aliphatic heterocycles. The van der Waals surface area contributed by atoms with Crippen molar-refractivity contribution in [2.45, 2.75) is 24.3 Å². The van der Waals surface area contributed by atoms with Gasteiger partial charge in [-0.1, -0.05) is 6.92 Å². The number of hydrogen-bond acceptors (Lipinski definition) is 5. The van der Waals surface area contributed by atoms with Crippen LogP contribution < -0.4 is 5.32 Å². The minimum atomic E-state index is -3.13. The molecule has 1 heterocycles. The van der Waals surface area contributed by atoms with Crippen molar-refractivity contribution in [1.82, 2.24) is 4.98 Å². The van der Waals surface area contributed by atoms with Crippen LogP contribution in [0, 0.1) is 0 Å². The Morgan fingerprint density at radius 2 is 2.00 bits per heavy atom. The predicted molar refractivity (Wildman–Crippen MR) is 78.3 cm³/mol. The number of rotatable bonds is 5. The molecule has 1 atom stereocenters. The molecule has 2 aromatic rings. The Morgan fingerprint density at radius 1 is 1.32 bits per heavy atom. The third kappa shape index (κ3) is 3.54. The first-order valence-corrected chi connectivity index (χ1v) is 8.74. The number of hydrogen-bond donors (Lipinski definition) is 1. The standard InChI is InChI=1S/C13H16N2O2S2/c1-3-12(13-14-8-9-18-13)15-10-4-6-11(7-5-10)19(2,16)17/h4-9,12,15H,3H2,1-2H3. The number of nitrogens with one attached hydrogen (secondary N) is 1. The van der Waals surface area contributed by atoms with Crippen LogP contribution in [0.5, 0.6) is 0 Å². The summed E-state index contributed by atoms with van der Waals surface area (Å²) in [6.45, 7) is 2.09. The van der Waals surface area contributed by atoms with Gasteiger partial charge >= 0.3 is 0 Å². The summed E-state index contributed by atoms with van der Waals surface area (Å²) in [5.41, 5.74) is 0.898. The molecule has 0 bridgehead atoms. The fraction of sp³-hybridized carbons (Fsp3) is 0.308. The molecule has 0 fully saturated rings. The Balaban J connectivity index is 2.15. The topological polar surface area (TPSA) is 59.1 Å². The minimum absolute atomic E-state index is 0.157. The molecule has 1 aromatic heterocycles. The minimum Gasteiger partial charge on any atom is -0.376 e. The summed E-state index contributed by atoms with van der Waals surface area (Å²) in [7, 11) is -3.13. The number of aromatic nitrogens is 1. The molecule has 0 spiro atoms. The third-order valence-electron chi connectivity index (χ3n) is 2.78. The van der Waals surface area contributed by atoms with E-state index in [0.717, 1.165) is 17.1 Å². The quantitative estimate of drug-likeness (QED) is 0.921. The maximum Gasteiger partial charge on any atom is 0.175 e. The molecule has 0 amide bonds. The predicted octanol–water partition coefficient (Wildman–Crippen LogP) is 3.11. The zero-order valence-electron chi connectivity index (χ0n) is 10.8. The summed E-state index contributed by atoms with van der Waals surface area (Å²) >= 11 is 1.61. The first-order valence-electron chi connectivity index (χ1n) is 5.96. The van der Waals surface area contributed by atoms with Crippen LogP contribution in [0.3, 0.4) is 0 Å². The van der Waals surface area contributed by atoms with Gasteiger partial charge in [-0.05, 0) is 30.7 Å². The van der Waals surface area contributed by atoms with Crippen molar-refractivity contribution < 1.29 is 8.42 Å². The molecule has 0 saturated carbocycles. The Kier molecular flexibility index (Phi) is 4.21. The molecule has 6 heteroatoms. The van der Waals surface area contributed by atoms with Gasteiger partial charge in [0.15, 0.2) is 9.84 Å². The van der Waals surface area contributed by atoms with Gasteiger partial charge < -0.3 is 5.32 Å². The van der Waals surface area contributed by atoms with E-state index >= 15 is 0 Å². The number of sulfone groups is 1. The van der Waals surface area contributed by atoms with Crippen LogP contribution in [0.4, 0.5) is 5.69 Å². The molecule has 0 aliphatic carbocycles. The van der Waals surface area contributed by atoms with Crippen LogP contribution in [0.2, 0.25) is 0 Å². The first-order chi connectivity index (χ1) is 9.00. The van der Waals surface area contributed by atoms with Crippen LogP contribution >= 0.6 is 11.3 Å². The Bertz CT molecular complexity index is 619. The maximum absolute atomic E-state index is 11.4. The van der Waals surface area contributed by atoms with Crippen LogP contribution in [0.15, 0.2) is 40.7 Å².